The first-order valence-electron chi connectivity index (χ1n) is 8.42. The van der Waals surface area contributed by atoms with E-state index in [-0.39, 0.29) is 18.9 Å². The lowest BCUT2D eigenvalue weighted by Gasteiger charge is -2.31. The number of aliphatic imine (C=N–C) groups is 1. The maximum absolute atomic E-state index is 12.7. The fourth-order valence-electron chi connectivity index (χ4n) is 2.45. The van der Waals surface area contributed by atoms with Crippen molar-refractivity contribution in [2.24, 2.45) is 4.99 Å². The van der Waals surface area contributed by atoms with Crippen LogP contribution < -0.4 is 20.7 Å². The summed E-state index contributed by atoms with van der Waals surface area (Å²) in [6, 6.07) is 5.02. The molecule has 2 amide bonds. The van der Waals surface area contributed by atoms with Gasteiger partial charge in [-0.05, 0) is 30.2 Å². The lowest BCUT2D eigenvalue weighted by Crippen LogP contribution is -2.67. The van der Waals surface area contributed by atoms with Crippen molar-refractivity contribution in [2.45, 2.75) is 38.9 Å². The smallest absolute Gasteiger partial charge is 0.272 e. The molecule has 2 rings (SSSR count). The number of hydrogen-bond donors (Lipinski definition) is 3. The van der Waals surface area contributed by atoms with Gasteiger partial charge in [-0.1, -0.05) is 13.0 Å². The van der Waals surface area contributed by atoms with Crippen LogP contribution in [0.25, 0.3) is 0 Å². The van der Waals surface area contributed by atoms with Gasteiger partial charge in [0.05, 0.1) is 6.21 Å². The molecule has 1 aliphatic rings. The molecule has 1 aliphatic heterocycles. The number of aryl methyl sites for hydroxylation is 1. The van der Waals surface area contributed by atoms with Gasteiger partial charge in [-0.2, -0.15) is 0 Å². The summed E-state index contributed by atoms with van der Waals surface area (Å²) in [5.74, 6) is -0.527. The number of benzene rings is 1. The molecule has 3 N–H and O–H groups in total. The molecular formula is C18H22F2N4O3. The van der Waals surface area contributed by atoms with E-state index in [2.05, 4.69) is 20.9 Å². The fourth-order valence-corrected chi connectivity index (χ4v) is 2.45. The molecule has 1 unspecified atom stereocenters. The highest BCUT2D eigenvalue weighted by Crippen LogP contribution is 2.18. The zero-order chi connectivity index (χ0) is 19.9. The van der Waals surface area contributed by atoms with Crippen molar-refractivity contribution in [3.63, 3.8) is 0 Å². The van der Waals surface area contributed by atoms with Crippen molar-refractivity contribution in [1.82, 2.24) is 16.0 Å². The number of ether oxygens (including phenoxy) is 1. The third-order valence-electron chi connectivity index (χ3n) is 3.70. The lowest BCUT2D eigenvalue weighted by molar-refractivity contribution is -0.131. The first-order valence-corrected chi connectivity index (χ1v) is 8.42. The maximum atomic E-state index is 12.7. The Morgan fingerprint density at radius 3 is 2.74 bits per heavy atom. The zero-order valence-electron chi connectivity index (χ0n) is 15.1. The van der Waals surface area contributed by atoms with Crippen LogP contribution in [0, 0.1) is 6.92 Å². The first-order chi connectivity index (χ1) is 12.8. The third kappa shape index (κ3) is 5.77. The van der Waals surface area contributed by atoms with E-state index in [9.17, 15) is 18.4 Å². The van der Waals surface area contributed by atoms with Crippen molar-refractivity contribution in [1.29, 1.82) is 0 Å². The molecule has 1 aromatic rings. The Kier molecular flexibility index (Phi) is 6.86. The van der Waals surface area contributed by atoms with Gasteiger partial charge in [0.15, 0.2) is 0 Å². The molecule has 146 valence electrons. The number of alkyl halides is 2. The Labute approximate surface area is 155 Å². The highest BCUT2D eigenvalue weighted by atomic mass is 19.3. The third-order valence-corrected chi connectivity index (χ3v) is 3.70. The molecule has 27 heavy (non-hydrogen) atoms. The second-order valence-electron chi connectivity index (χ2n) is 5.99. The molecule has 1 aromatic carbocycles. The molecule has 1 heterocycles. The number of nitrogens with zero attached hydrogens (tertiary/aromatic N) is 1. The fraction of sp³-hybridized carbons (Fsp3) is 0.389. The summed E-state index contributed by atoms with van der Waals surface area (Å²) in [6.07, 6.45) is 1.86. The van der Waals surface area contributed by atoms with E-state index in [0.717, 1.165) is 5.56 Å². The van der Waals surface area contributed by atoms with Crippen molar-refractivity contribution in [2.75, 3.05) is 6.61 Å². The Bertz CT molecular complexity index is 752. The van der Waals surface area contributed by atoms with Gasteiger partial charge in [-0.3, -0.25) is 14.6 Å². The largest absolute Gasteiger partial charge is 0.488 e. The van der Waals surface area contributed by atoms with E-state index >= 15 is 0 Å². The zero-order valence-corrected chi connectivity index (χ0v) is 15.1. The summed E-state index contributed by atoms with van der Waals surface area (Å²) in [5, 5.41) is 8.12. The molecule has 7 nitrogen and oxygen atoms in total. The van der Waals surface area contributed by atoms with Crippen LogP contribution in [0.5, 0.6) is 5.75 Å². The van der Waals surface area contributed by atoms with Crippen molar-refractivity contribution < 1.29 is 23.1 Å². The standard InChI is InChI=1S/C18H22F2N4O3/c1-3-16(25)24-18(11-21-4-5-23-18)17(26)22-9-13-6-12(2)7-14(8-13)27-10-15(19)20/h4-8,11,15,23H,3,9-10H2,1-2H3,(H,22,26)(H,24,25). The summed E-state index contributed by atoms with van der Waals surface area (Å²) < 4.78 is 29.7. The van der Waals surface area contributed by atoms with Gasteiger partial charge < -0.3 is 20.7 Å². The van der Waals surface area contributed by atoms with E-state index in [1.807, 2.05) is 0 Å². The van der Waals surface area contributed by atoms with Crippen LogP contribution >= 0.6 is 0 Å². The van der Waals surface area contributed by atoms with Crippen LogP contribution in [0.4, 0.5) is 8.78 Å². The summed E-state index contributed by atoms with van der Waals surface area (Å²) in [4.78, 5) is 28.4. The Hall–Kier alpha value is -2.97. The van der Waals surface area contributed by atoms with Gasteiger partial charge in [-0.15, -0.1) is 0 Å². The van der Waals surface area contributed by atoms with Crippen molar-refractivity contribution >= 4 is 18.0 Å². The van der Waals surface area contributed by atoms with Crippen LogP contribution in [-0.4, -0.2) is 36.7 Å². The molecule has 0 bridgehead atoms. The van der Waals surface area contributed by atoms with Crippen molar-refractivity contribution in [3.05, 3.63) is 41.7 Å². The second kappa shape index (κ2) is 9.11. The van der Waals surface area contributed by atoms with Crippen LogP contribution in [0.3, 0.4) is 0 Å². The van der Waals surface area contributed by atoms with Gasteiger partial charge >= 0.3 is 0 Å². The van der Waals surface area contributed by atoms with Crippen LogP contribution in [-0.2, 0) is 16.1 Å². The molecule has 0 spiro atoms. The number of amides is 2. The van der Waals surface area contributed by atoms with Gasteiger partial charge in [0.25, 0.3) is 12.3 Å². The van der Waals surface area contributed by atoms with Gasteiger partial charge in [0, 0.05) is 25.4 Å². The minimum atomic E-state index is -2.57. The summed E-state index contributed by atoms with van der Waals surface area (Å²) in [7, 11) is 0. The monoisotopic (exact) mass is 380 g/mol. The van der Waals surface area contributed by atoms with Crippen LogP contribution in [0.15, 0.2) is 35.6 Å². The van der Waals surface area contributed by atoms with E-state index in [1.54, 1.807) is 32.0 Å². The average Bonchev–Trinajstić information content (AvgIpc) is 2.64. The predicted octanol–water partition coefficient (Wildman–Crippen LogP) is 1.62. The summed E-state index contributed by atoms with van der Waals surface area (Å²) in [5.41, 5.74) is -0.00565. The maximum Gasteiger partial charge on any atom is 0.272 e. The van der Waals surface area contributed by atoms with Crippen LogP contribution in [0.2, 0.25) is 0 Å². The van der Waals surface area contributed by atoms with Gasteiger partial charge in [0.2, 0.25) is 11.6 Å². The molecule has 0 radical (unpaired) electrons. The van der Waals surface area contributed by atoms with Crippen molar-refractivity contribution in [3.8, 4) is 5.75 Å². The summed E-state index contributed by atoms with van der Waals surface area (Å²) in [6.45, 7) is 2.89. The number of rotatable bonds is 8. The molecule has 1 atom stereocenters. The minimum Gasteiger partial charge on any atom is -0.488 e. The average molecular weight is 380 g/mol. The number of carbonyl (C=O) groups excluding carboxylic acids is 2. The quantitative estimate of drug-likeness (QED) is 0.639. The Morgan fingerprint density at radius 2 is 2.11 bits per heavy atom. The highest BCUT2D eigenvalue weighted by Gasteiger charge is 2.38. The van der Waals surface area contributed by atoms with Crippen LogP contribution in [0.1, 0.15) is 24.5 Å². The number of nitrogens with one attached hydrogen (secondary N) is 3. The molecule has 0 aromatic heterocycles. The van der Waals surface area contributed by atoms with E-state index in [4.69, 9.17) is 4.74 Å². The van der Waals surface area contributed by atoms with E-state index in [0.29, 0.717) is 11.3 Å². The molecule has 0 aliphatic carbocycles. The highest BCUT2D eigenvalue weighted by molar-refractivity contribution is 6.06. The predicted molar refractivity (Wildman–Crippen MR) is 96.5 cm³/mol. The van der Waals surface area contributed by atoms with E-state index < -0.39 is 24.6 Å². The van der Waals surface area contributed by atoms with Gasteiger partial charge in [-0.25, -0.2) is 8.78 Å². The molecule has 0 saturated heterocycles. The first kappa shape index (κ1) is 20.3. The van der Waals surface area contributed by atoms with Gasteiger partial charge in [0.1, 0.15) is 12.4 Å². The summed E-state index contributed by atoms with van der Waals surface area (Å²) >= 11 is 0. The molecule has 9 heteroatoms. The number of halogens is 2. The topological polar surface area (TPSA) is 91.8 Å². The SMILES string of the molecule is CCC(=O)NC1(C(=O)NCc2cc(C)cc(OCC(F)F)c2)C=NC=CN1. The second-order valence-corrected chi connectivity index (χ2v) is 5.99. The number of hydrogen-bond acceptors (Lipinski definition) is 5. The molecule has 0 saturated carbocycles. The minimum absolute atomic E-state index is 0.120. The Morgan fingerprint density at radius 1 is 1.33 bits per heavy atom. The lowest BCUT2D eigenvalue weighted by atomic mass is 10.1. The molecular weight excluding hydrogens is 358 g/mol. The van der Waals surface area contributed by atoms with E-state index in [1.165, 1.54) is 18.6 Å². The Balaban J connectivity index is 2.07. The molecule has 0 fully saturated rings. The number of carbonyl (C=O) groups is 2. The normalized spacial score (nSPS) is 18.1.